The van der Waals surface area contributed by atoms with Crippen LogP contribution < -0.4 is 15.5 Å². The third-order valence-electron chi connectivity index (χ3n) is 4.52. The summed E-state index contributed by atoms with van der Waals surface area (Å²) in [4.78, 5) is 2.43. The molecule has 3 rings (SSSR count). The highest BCUT2D eigenvalue weighted by atomic mass is 15.1. The first kappa shape index (κ1) is 12.0. The average molecular weight is 245 g/mol. The van der Waals surface area contributed by atoms with Crippen molar-refractivity contribution >= 4 is 5.69 Å². The minimum absolute atomic E-state index is 0.402. The van der Waals surface area contributed by atoms with Crippen LogP contribution in [0.4, 0.5) is 5.69 Å². The van der Waals surface area contributed by atoms with Crippen LogP contribution in [0.25, 0.3) is 0 Å². The molecule has 2 aliphatic rings. The van der Waals surface area contributed by atoms with E-state index in [4.69, 9.17) is 0 Å². The molecule has 1 spiro atoms. The fraction of sp³-hybridized carbons (Fsp3) is 0.600. The molecule has 2 N–H and O–H groups in total. The second-order valence-corrected chi connectivity index (χ2v) is 5.77. The van der Waals surface area contributed by atoms with Gasteiger partial charge in [-0.15, -0.1) is 0 Å². The zero-order valence-corrected chi connectivity index (χ0v) is 11.4. The van der Waals surface area contributed by atoms with E-state index >= 15 is 0 Å². The lowest BCUT2D eigenvalue weighted by atomic mass is 9.74. The third-order valence-corrected chi connectivity index (χ3v) is 4.52. The maximum Gasteiger partial charge on any atom is 0.0403 e. The van der Waals surface area contributed by atoms with Crippen LogP contribution in [0.5, 0.6) is 0 Å². The number of rotatable bonds is 2. The number of hydrogen-bond acceptors (Lipinski definition) is 3. The van der Waals surface area contributed by atoms with E-state index in [0.29, 0.717) is 5.41 Å². The van der Waals surface area contributed by atoms with Crippen molar-refractivity contribution in [2.75, 3.05) is 38.6 Å². The van der Waals surface area contributed by atoms with E-state index in [1.807, 2.05) is 7.05 Å². The molecule has 1 aromatic carbocycles. The van der Waals surface area contributed by atoms with Gasteiger partial charge in [0.2, 0.25) is 0 Å². The van der Waals surface area contributed by atoms with E-state index in [9.17, 15) is 0 Å². The van der Waals surface area contributed by atoms with Gasteiger partial charge in [0.05, 0.1) is 0 Å². The zero-order valence-electron chi connectivity index (χ0n) is 11.4. The molecular formula is C15H23N3. The van der Waals surface area contributed by atoms with Crippen molar-refractivity contribution in [1.29, 1.82) is 0 Å². The largest absolute Gasteiger partial charge is 0.373 e. The van der Waals surface area contributed by atoms with Crippen LogP contribution in [0.1, 0.15) is 24.0 Å². The van der Waals surface area contributed by atoms with Crippen LogP contribution in [0.2, 0.25) is 0 Å². The van der Waals surface area contributed by atoms with Gasteiger partial charge in [-0.2, -0.15) is 0 Å². The molecule has 1 aromatic rings. The number of piperidine rings is 1. The van der Waals surface area contributed by atoms with Crippen LogP contribution in [-0.4, -0.2) is 33.7 Å². The standard InChI is InChI=1S/C15H23N3/c1-16-10-12-3-4-14-13(9-12)15(11-18(14)2)5-7-17-8-6-15/h3-4,9,16-17H,5-8,10-11H2,1-2H3. The number of nitrogens with zero attached hydrogens (tertiary/aromatic N) is 1. The minimum atomic E-state index is 0.402. The highest BCUT2D eigenvalue weighted by molar-refractivity contribution is 5.63. The Hall–Kier alpha value is -1.06. The van der Waals surface area contributed by atoms with Crippen molar-refractivity contribution in [3.05, 3.63) is 29.3 Å². The first-order valence-electron chi connectivity index (χ1n) is 6.95. The van der Waals surface area contributed by atoms with Crippen molar-refractivity contribution in [3.63, 3.8) is 0 Å². The van der Waals surface area contributed by atoms with Crippen molar-refractivity contribution in [2.24, 2.45) is 0 Å². The highest BCUT2D eigenvalue weighted by Crippen LogP contribution is 2.45. The van der Waals surface area contributed by atoms with Gasteiger partial charge in [-0.05, 0) is 50.2 Å². The predicted molar refractivity (Wildman–Crippen MR) is 76.3 cm³/mol. The molecule has 0 atom stereocenters. The Balaban J connectivity index is 2.01. The molecule has 18 heavy (non-hydrogen) atoms. The Morgan fingerprint density at radius 3 is 2.83 bits per heavy atom. The Labute approximate surface area is 110 Å². The molecule has 3 nitrogen and oxygen atoms in total. The van der Waals surface area contributed by atoms with Gasteiger partial charge in [0.15, 0.2) is 0 Å². The number of likely N-dealkylation sites (N-methyl/N-ethyl adjacent to an activating group) is 1. The fourth-order valence-electron chi connectivity index (χ4n) is 3.61. The summed E-state index contributed by atoms with van der Waals surface area (Å²) in [5, 5.41) is 6.74. The predicted octanol–water partition coefficient (Wildman–Crippen LogP) is 1.48. The lowest BCUT2D eigenvalue weighted by Crippen LogP contribution is -2.42. The maximum atomic E-state index is 3.49. The van der Waals surface area contributed by atoms with Crippen molar-refractivity contribution in [2.45, 2.75) is 24.8 Å². The van der Waals surface area contributed by atoms with Crippen molar-refractivity contribution in [3.8, 4) is 0 Å². The Bertz CT molecular complexity index is 435. The third kappa shape index (κ3) is 1.82. The van der Waals surface area contributed by atoms with E-state index in [1.165, 1.54) is 30.6 Å². The number of nitrogens with one attached hydrogen (secondary N) is 2. The van der Waals surface area contributed by atoms with E-state index in [0.717, 1.165) is 19.6 Å². The van der Waals surface area contributed by atoms with Gasteiger partial charge >= 0.3 is 0 Å². The molecule has 0 radical (unpaired) electrons. The van der Waals surface area contributed by atoms with Crippen LogP contribution in [0, 0.1) is 0 Å². The maximum absolute atomic E-state index is 3.49. The Morgan fingerprint density at radius 2 is 2.11 bits per heavy atom. The molecule has 0 aliphatic carbocycles. The van der Waals surface area contributed by atoms with Crippen LogP contribution in [0.3, 0.4) is 0 Å². The topological polar surface area (TPSA) is 27.3 Å². The Kier molecular flexibility index (Phi) is 3.04. The number of benzene rings is 1. The second-order valence-electron chi connectivity index (χ2n) is 5.77. The Morgan fingerprint density at radius 1 is 1.33 bits per heavy atom. The van der Waals surface area contributed by atoms with Gasteiger partial charge in [-0.25, -0.2) is 0 Å². The number of fused-ring (bicyclic) bond motifs is 2. The minimum Gasteiger partial charge on any atom is -0.373 e. The van der Waals surface area contributed by atoms with E-state index in [-0.39, 0.29) is 0 Å². The van der Waals surface area contributed by atoms with Gasteiger partial charge in [-0.1, -0.05) is 12.1 Å². The van der Waals surface area contributed by atoms with Crippen LogP contribution in [-0.2, 0) is 12.0 Å². The molecule has 3 heteroatoms. The zero-order chi connectivity index (χ0) is 12.6. The second kappa shape index (κ2) is 4.56. The van der Waals surface area contributed by atoms with Gasteiger partial charge in [0, 0.05) is 31.2 Å². The first-order valence-corrected chi connectivity index (χ1v) is 6.95. The molecule has 0 bridgehead atoms. The summed E-state index contributed by atoms with van der Waals surface area (Å²) in [5.41, 5.74) is 4.83. The van der Waals surface area contributed by atoms with E-state index < -0.39 is 0 Å². The average Bonchev–Trinajstić information content (AvgIpc) is 2.64. The molecule has 98 valence electrons. The molecule has 0 aromatic heterocycles. The highest BCUT2D eigenvalue weighted by Gasteiger charge is 2.42. The van der Waals surface area contributed by atoms with E-state index in [2.05, 4.69) is 40.8 Å². The molecular weight excluding hydrogens is 222 g/mol. The molecule has 1 fully saturated rings. The number of anilines is 1. The van der Waals surface area contributed by atoms with E-state index in [1.54, 1.807) is 5.56 Å². The van der Waals surface area contributed by atoms with Gasteiger partial charge in [-0.3, -0.25) is 0 Å². The summed E-state index contributed by atoms with van der Waals surface area (Å²) < 4.78 is 0. The van der Waals surface area contributed by atoms with Crippen molar-refractivity contribution < 1.29 is 0 Å². The summed E-state index contributed by atoms with van der Waals surface area (Å²) in [7, 11) is 4.24. The van der Waals surface area contributed by atoms with Gasteiger partial charge < -0.3 is 15.5 Å². The summed E-state index contributed by atoms with van der Waals surface area (Å²) in [6, 6.07) is 6.99. The number of hydrogen-bond donors (Lipinski definition) is 2. The molecule has 2 aliphatic heterocycles. The van der Waals surface area contributed by atoms with Crippen LogP contribution in [0.15, 0.2) is 18.2 Å². The molecule has 0 unspecified atom stereocenters. The summed E-state index contributed by atoms with van der Waals surface area (Å²) in [5.74, 6) is 0. The summed E-state index contributed by atoms with van der Waals surface area (Å²) >= 11 is 0. The monoisotopic (exact) mass is 245 g/mol. The molecule has 0 amide bonds. The smallest absolute Gasteiger partial charge is 0.0403 e. The fourth-order valence-corrected chi connectivity index (χ4v) is 3.61. The molecule has 1 saturated heterocycles. The summed E-state index contributed by atoms with van der Waals surface area (Å²) in [6.45, 7) is 4.46. The van der Waals surface area contributed by atoms with Crippen molar-refractivity contribution in [1.82, 2.24) is 10.6 Å². The molecule has 0 saturated carbocycles. The normalized spacial score (nSPS) is 21.3. The SMILES string of the molecule is CNCc1ccc2c(c1)C1(CCNCC1)CN2C. The van der Waals surface area contributed by atoms with Gasteiger partial charge in [0.25, 0.3) is 0 Å². The lowest BCUT2D eigenvalue weighted by molar-refractivity contribution is 0.327. The molecule has 2 heterocycles. The summed E-state index contributed by atoms with van der Waals surface area (Å²) in [6.07, 6.45) is 2.54. The first-order chi connectivity index (χ1) is 8.75. The van der Waals surface area contributed by atoms with Crippen LogP contribution >= 0.6 is 0 Å². The lowest BCUT2D eigenvalue weighted by Gasteiger charge is -2.34. The quantitative estimate of drug-likeness (QED) is 0.826. The van der Waals surface area contributed by atoms with Gasteiger partial charge in [0.1, 0.15) is 0 Å².